The van der Waals surface area contributed by atoms with Gasteiger partial charge in [0.15, 0.2) is 19.0 Å². The summed E-state index contributed by atoms with van der Waals surface area (Å²) in [6.45, 7) is -3.50. The normalized spacial score (nSPS) is 10.3. The van der Waals surface area contributed by atoms with E-state index in [0.717, 1.165) is 6.20 Å². The number of benzene rings is 1. The van der Waals surface area contributed by atoms with Crippen LogP contribution in [0.5, 0.6) is 5.75 Å². The molecule has 126 valence electrons. The molecule has 9 heteroatoms. The molecule has 0 radical (unpaired) electrons. The van der Waals surface area contributed by atoms with Gasteiger partial charge in [0.2, 0.25) is 0 Å². The number of halogens is 2. The minimum atomic E-state index is -2.93. The zero-order chi connectivity index (χ0) is 17.5. The van der Waals surface area contributed by atoms with E-state index in [2.05, 4.69) is 10.1 Å². The summed E-state index contributed by atoms with van der Waals surface area (Å²) in [5.74, 6) is -1.50. The van der Waals surface area contributed by atoms with Crippen molar-refractivity contribution < 1.29 is 32.6 Å². The van der Waals surface area contributed by atoms with E-state index >= 15 is 0 Å². The van der Waals surface area contributed by atoms with Gasteiger partial charge in [0.1, 0.15) is 11.3 Å². The first-order chi connectivity index (χ1) is 11.4. The van der Waals surface area contributed by atoms with Crippen LogP contribution in [-0.4, -0.2) is 25.1 Å². The highest BCUT2D eigenvalue weighted by molar-refractivity contribution is 5.95. The zero-order valence-electron chi connectivity index (χ0n) is 12.1. The highest BCUT2D eigenvalue weighted by atomic mass is 19.3. The lowest BCUT2D eigenvalue weighted by Gasteiger charge is -2.08. The van der Waals surface area contributed by atoms with Crippen molar-refractivity contribution in [1.29, 1.82) is 0 Å². The van der Waals surface area contributed by atoms with Gasteiger partial charge >= 0.3 is 12.6 Å². The Morgan fingerprint density at radius 3 is 2.54 bits per heavy atom. The van der Waals surface area contributed by atoms with Crippen molar-refractivity contribution in [3.63, 3.8) is 0 Å². The van der Waals surface area contributed by atoms with Crippen LogP contribution in [0.15, 0.2) is 48.8 Å². The Morgan fingerprint density at radius 2 is 1.92 bits per heavy atom. The first-order valence-corrected chi connectivity index (χ1v) is 6.65. The Morgan fingerprint density at radius 1 is 1.21 bits per heavy atom. The van der Waals surface area contributed by atoms with E-state index < -0.39 is 25.1 Å². The number of rotatable bonds is 6. The van der Waals surface area contributed by atoms with Crippen molar-refractivity contribution in [2.45, 2.75) is 6.61 Å². The van der Waals surface area contributed by atoms with Gasteiger partial charge in [0.25, 0.3) is 5.91 Å². The predicted molar refractivity (Wildman–Crippen MR) is 77.4 cm³/mol. The molecule has 1 aromatic carbocycles. The molecule has 0 unspecified atom stereocenters. The average molecular weight is 338 g/mol. The van der Waals surface area contributed by atoms with Crippen molar-refractivity contribution in [3.05, 3.63) is 59.6 Å². The molecule has 0 fully saturated rings. The Bertz CT molecular complexity index is 722. The van der Waals surface area contributed by atoms with E-state index in [1.165, 1.54) is 42.6 Å². The van der Waals surface area contributed by atoms with Crippen molar-refractivity contribution >= 4 is 17.6 Å². The topological polar surface area (TPSA) is 91.6 Å². The van der Waals surface area contributed by atoms with Crippen molar-refractivity contribution in [3.8, 4) is 5.75 Å². The Labute approximate surface area is 135 Å². The molecule has 2 rings (SSSR count). The number of pyridine rings is 1. The summed E-state index contributed by atoms with van der Waals surface area (Å²) >= 11 is 0. The number of carbonyl (C=O) groups is 2. The minimum absolute atomic E-state index is 0.00815. The molecule has 1 heterocycles. The molecule has 2 aromatic rings. The van der Waals surface area contributed by atoms with Crippen molar-refractivity contribution in [2.75, 3.05) is 11.9 Å². The van der Waals surface area contributed by atoms with E-state index in [4.69, 9.17) is 4.74 Å². The molecule has 0 aliphatic heterocycles. The summed E-state index contributed by atoms with van der Waals surface area (Å²) in [4.78, 5) is 23.3. The van der Waals surface area contributed by atoms with Gasteiger partial charge in [-0.25, -0.2) is 4.79 Å². The molecule has 0 bridgehead atoms. The number of amides is 1. The first-order valence-electron chi connectivity index (χ1n) is 6.65. The van der Waals surface area contributed by atoms with Gasteiger partial charge in [-0.3, -0.25) is 4.79 Å². The lowest BCUT2D eigenvalue weighted by molar-refractivity contribution is -0.605. The number of esters is 1. The van der Waals surface area contributed by atoms with Crippen LogP contribution >= 0.6 is 0 Å². The molecule has 0 aliphatic carbocycles. The molecule has 1 N–H and O–H groups in total. The number of nitrogens with one attached hydrogen (secondary N) is 1. The van der Waals surface area contributed by atoms with Crippen LogP contribution in [0.3, 0.4) is 0 Å². The summed E-state index contributed by atoms with van der Waals surface area (Å²) in [5, 5.41) is 13.5. The molecule has 1 aromatic heterocycles. The number of aromatic nitrogens is 1. The maximum Gasteiger partial charge on any atom is 0.387 e. The Balaban J connectivity index is 1.83. The van der Waals surface area contributed by atoms with Crippen LogP contribution in [0.4, 0.5) is 14.5 Å². The van der Waals surface area contributed by atoms with Gasteiger partial charge in [-0.1, -0.05) is 0 Å². The second-order valence-corrected chi connectivity index (χ2v) is 4.48. The van der Waals surface area contributed by atoms with E-state index in [-0.39, 0.29) is 11.3 Å². The van der Waals surface area contributed by atoms with E-state index in [1.807, 2.05) is 0 Å². The molecule has 0 atom stereocenters. The van der Waals surface area contributed by atoms with E-state index in [0.29, 0.717) is 10.4 Å². The molecule has 0 spiro atoms. The molecule has 0 saturated carbocycles. The fourth-order valence-electron chi connectivity index (χ4n) is 1.71. The number of anilines is 1. The van der Waals surface area contributed by atoms with Gasteiger partial charge in [-0.05, 0) is 30.3 Å². The number of carbonyl (C=O) groups excluding carboxylic acids is 2. The summed E-state index contributed by atoms with van der Waals surface area (Å²) in [6, 6.07) is 7.96. The smallest absolute Gasteiger partial charge is 0.387 e. The molecule has 24 heavy (non-hydrogen) atoms. The summed E-state index contributed by atoms with van der Waals surface area (Å²) < 4.78 is 33.4. The second-order valence-electron chi connectivity index (χ2n) is 4.48. The highest BCUT2D eigenvalue weighted by Crippen LogP contribution is 2.17. The monoisotopic (exact) mass is 338 g/mol. The molecule has 1 amide bonds. The number of alkyl halides is 2. The first kappa shape index (κ1) is 17.1. The highest BCUT2D eigenvalue weighted by Gasteiger charge is 2.13. The zero-order valence-corrected chi connectivity index (χ0v) is 12.1. The third-order valence-corrected chi connectivity index (χ3v) is 2.71. The van der Waals surface area contributed by atoms with Crippen molar-refractivity contribution in [1.82, 2.24) is 0 Å². The average Bonchev–Trinajstić information content (AvgIpc) is 2.54. The third-order valence-electron chi connectivity index (χ3n) is 2.71. The lowest BCUT2D eigenvalue weighted by atomic mass is 10.3. The van der Waals surface area contributed by atoms with Crippen LogP contribution < -0.4 is 14.8 Å². The standard InChI is InChI=1S/C15H12F2N2O5/c16-15(17)24-12-5-3-11(4-6-12)18-13(20)9-23-14(21)10-2-1-7-19(22)8-10/h1-8,15H,9H2,(H,18,20). The van der Waals surface area contributed by atoms with Gasteiger partial charge in [0.05, 0.1) is 0 Å². The molecule has 0 saturated heterocycles. The summed E-state index contributed by atoms with van der Waals surface area (Å²) in [6.07, 6.45) is 2.22. The molecule has 7 nitrogen and oxygen atoms in total. The number of nitrogens with zero attached hydrogens (tertiary/aromatic N) is 1. The van der Waals surface area contributed by atoms with Gasteiger partial charge in [-0.2, -0.15) is 13.5 Å². The molecular weight excluding hydrogens is 326 g/mol. The fraction of sp³-hybridized carbons (Fsp3) is 0.133. The maximum atomic E-state index is 12.0. The lowest BCUT2D eigenvalue weighted by Crippen LogP contribution is -2.27. The fourth-order valence-corrected chi connectivity index (χ4v) is 1.71. The largest absolute Gasteiger partial charge is 0.619 e. The van der Waals surface area contributed by atoms with Crippen LogP contribution in [0, 0.1) is 5.21 Å². The van der Waals surface area contributed by atoms with Crippen LogP contribution in [0.2, 0.25) is 0 Å². The number of ether oxygens (including phenoxy) is 2. The quantitative estimate of drug-likeness (QED) is 0.492. The number of hydrogen-bond donors (Lipinski definition) is 1. The molecular formula is C15H12F2N2O5. The van der Waals surface area contributed by atoms with Gasteiger partial charge in [-0.15, -0.1) is 0 Å². The SMILES string of the molecule is O=C(COC(=O)c1ccc[n+]([O-])c1)Nc1ccc(OC(F)F)cc1. The van der Waals surface area contributed by atoms with Crippen molar-refractivity contribution in [2.24, 2.45) is 0 Å². The van der Waals surface area contributed by atoms with E-state index in [9.17, 15) is 23.6 Å². The van der Waals surface area contributed by atoms with Gasteiger partial charge < -0.3 is 20.0 Å². The third kappa shape index (κ3) is 5.20. The van der Waals surface area contributed by atoms with Gasteiger partial charge in [0, 0.05) is 11.8 Å². The van der Waals surface area contributed by atoms with Crippen LogP contribution in [0.1, 0.15) is 10.4 Å². The predicted octanol–water partition coefficient (Wildman–Crippen LogP) is 1.72. The van der Waals surface area contributed by atoms with Crippen LogP contribution in [0.25, 0.3) is 0 Å². The minimum Gasteiger partial charge on any atom is -0.619 e. The summed E-state index contributed by atoms with van der Waals surface area (Å²) in [5.41, 5.74) is 0.323. The van der Waals surface area contributed by atoms with Crippen LogP contribution in [-0.2, 0) is 9.53 Å². The summed E-state index contributed by atoms with van der Waals surface area (Å²) in [7, 11) is 0. The maximum absolute atomic E-state index is 12.0. The second kappa shape index (κ2) is 7.86. The Hall–Kier alpha value is -3.23. The Kier molecular flexibility index (Phi) is 5.61. The number of hydrogen-bond acceptors (Lipinski definition) is 5. The van der Waals surface area contributed by atoms with E-state index in [1.54, 1.807) is 0 Å². The molecule has 0 aliphatic rings.